The molecule has 4 nitrogen and oxygen atoms in total. The molecule has 0 aromatic heterocycles. The molecule has 3 atom stereocenters. The lowest BCUT2D eigenvalue weighted by molar-refractivity contribution is -0.0683. The van der Waals surface area contributed by atoms with Crippen molar-refractivity contribution in [2.75, 3.05) is 18.1 Å². The van der Waals surface area contributed by atoms with Gasteiger partial charge in [-0.3, -0.25) is 0 Å². The van der Waals surface area contributed by atoms with Crippen molar-refractivity contribution in [1.82, 2.24) is 0 Å². The first kappa shape index (κ1) is 17.2. The third kappa shape index (κ3) is 8.85. The van der Waals surface area contributed by atoms with Crippen LogP contribution in [0, 0.1) is 0 Å². The van der Waals surface area contributed by atoms with Crippen LogP contribution in [0.15, 0.2) is 0 Å². The van der Waals surface area contributed by atoms with Crippen LogP contribution in [0.1, 0.15) is 39.0 Å². The van der Waals surface area contributed by atoms with Gasteiger partial charge in [0.1, 0.15) is 12.2 Å². The zero-order valence-electron chi connectivity index (χ0n) is 10.6. The number of hydrogen-bond acceptors (Lipinski definition) is 5. The lowest BCUT2D eigenvalue weighted by Gasteiger charge is -2.21. The highest BCUT2D eigenvalue weighted by atomic mass is 32.2. The fourth-order valence-corrected chi connectivity index (χ4v) is 2.49. The minimum Gasteiger partial charge on any atom is -0.394 e. The summed E-state index contributed by atoms with van der Waals surface area (Å²) in [7, 11) is 0. The van der Waals surface area contributed by atoms with E-state index < -0.39 is 24.9 Å². The van der Waals surface area contributed by atoms with Crippen LogP contribution in [-0.2, 0) is 0 Å². The second-order valence-corrected chi connectivity index (χ2v) is 5.45. The third-order valence-corrected chi connectivity index (χ3v) is 3.81. The van der Waals surface area contributed by atoms with Crippen LogP contribution >= 0.6 is 11.8 Å². The van der Waals surface area contributed by atoms with E-state index in [0.717, 1.165) is 12.2 Å². The van der Waals surface area contributed by atoms with Gasteiger partial charge in [-0.1, -0.05) is 32.6 Å². The molecule has 0 bridgehead atoms. The van der Waals surface area contributed by atoms with Crippen molar-refractivity contribution in [3.05, 3.63) is 0 Å². The molecule has 0 radical (unpaired) electrons. The van der Waals surface area contributed by atoms with E-state index in [4.69, 9.17) is 10.2 Å². The van der Waals surface area contributed by atoms with Gasteiger partial charge in [-0.15, -0.1) is 0 Å². The number of rotatable bonds is 11. The SMILES string of the molecule is CCCCCCCSCC(O)C(O)C(O)CO. The smallest absolute Gasteiger partial charge is 0.109 e. The highest BCUT2D eigenvalue weighted by Crippen LogP contribution is 2.12. The molecule has 17 heavy (non-hydrogen) atoms. The highest BCUT2D eigenvalue weighted by molar-refractivity contribution is 7.99. The summed E-state index contributed by atoms with van der Waals surface area (Å²) in [5.74, 6) is 1.36. The quantitative estimate of drug-likeness (QED) is 0.415. The van der Waals surface area contributed by atoms with Crippen LogP contribution in [0.4, 0.5) is 0 Å². The van der Waals surface area contributed by atoms with Crippen molar-refractivity contribution in [2.24, 2.45) is 0 Å². The molecule has 0 aromatic carbocycles. The first-order valence-corrected chi connectivity index (χ1v) is 7.51. The molecule has 4 N–H and O–H groups in total. The zero-order valence-corrected chi connectivity index (χ0v) is 11.4. The molecule has 104 valence electrons. The van der Waals surface area contributed by atoms with E-state index in [1.54, 1.807) is 11.8 Å². The maximum absolute atomic E-state index is 9.52. The van der Waals surface area contributed by atoms with E-state index in [2.05, 4.69) is 6.92 Å². The van der Waals surface area contributed by atoms with Crippen molar-refractivity contribution in [3.63, 3.8) is 0 Å². The van der Waals surface area contributed by atoms with Crippen LogP contribution in [0.3, 0.4) is 0 Å². The highest BCUT2D eigenvalue weighted by Gasteiger charge is 2.23. The number of thioether (sulfide) groups is 1. The van der Waals surface area contributed by atoms with E-state index in [9.17, 15) is 10.2 Å². The van der Waals surface area contributed by atoms with E-state index in [0.29, 0.717) is 5.75 Å². The Labute approximate surface area is 108 Å². The molecule has 0 spiro atoms. The molecule has 0 saturated heterocycles. The molecular formula is C12H26O4S. The van der Waals surface area contributed by atoms with Gasteiger partial charge in [-0.05, 0) is 12.2 Å². The Balaban J connectivity index is 3.41. The lowest BCUT2D eigenvalue weighted by Crippen LogP contribution is -2.40. The van der Waals surface area contributed by atoms with Crippen LogP contribution in [0.2, 0.25) is 0 Å². The molecule has 0 amide bonds. The Morgan fingerprint density at radius 2 is 1.59 bits per heavy atom. The van der Waals surface area contributed by atoms with Crippen molar-refractivity contribution >= 4 is 11.8 Å². The summed E-state index contributed by atoms with van der Waals surface area (Å²) >= 11 is 1.57. The predicted molar refractivity (Wildman–Crippen MR) is 71.2 cm³/mol. The van der Waals surface area contributed by atoms with E-state index in [1.165, 1.54) is 25.7 Å². The van der Waals surface area contributed by atoms with Crippen molar-refractivity contribution < 1.29 is 20.4 Å². The molecular weight excluding hydrogens is 240 g/mol. The van der Waals surface area contributed by atoms with Crippen LogP contribution in [0.5, 0.6) is 0 Å². The maximum atomic E-state index is 9.52. The molecule has 0 aromatic rings. The largest absolute Gasteiger partial charge is 0.394 e. The van der Waals surface area contributed by atoms with Crippen molar-refractivity contribution in [2.45, 2.75) is 57.3 Å². The number of unbranched alkanes of at least 4 members (excludes halogenated alkanes) is 4. The Hall–Kier alpha value is 0.190. The zero-order chi connectivity index (χ0) is 13.1. The fourth-order valence-electron chi connectivity index (χ4n) is 1.47. The van der Waals surface area contributed by atoms with Gasteiger partial charge in [0.2, 0.25) is 0 Å². The lowest BCUT2D eigenvalue weighted by atomic mass is 10.1. The minimum absolute atomic E-state index is 0.395. The Morgan fingerprint density at radius 1 is 0.941 bits per heavy atom. The maximum Gasteiger partial charge on any atom is 0.109 e. The molecule has 0 saturated carbocycles. The molecule has 5 heteroatoms. The first-order valence-electron chi connectivity index (χ1n) is 6.36. The Kier molecular flexibility index (Phi) is 11.4. The fraction of sp³-hybridized carbons (Fsp3) is 1.00. The van der Waals surface area contributed by atoms with Gasteiger partial charge in [-0.25, -0.2) is 0 Å². The van der Waals surface area contributed by atoms with Crippen molar-refractivity contribution in [3.8, 4) is 0 Å². The van der Waals surface area contributed by atoms with Gasteiger partial charge < -0.3 is 20.4 Å². The van der Waals surface area contributed by atoms with Crippen molar-refractivity contribution in [1.29, 1.82) is 0 Å². The second-order valence-electron chi connectivity index (χ2n) is 4.30. The molecule has 0 fully saturated rings. The molecule has 0 aliphatic rings. The summed E-state index contributed by atoms with van der Waals surface area (Å²) in [5, 5.41) is 36.6. The molecule has 0 aliphatic heterocycles. The van der Waals surface area contributed by atoms with Gasteiger partial charge in [0.25, 0.3) is 0 Å². The van der Waals surface area contributed by atoms with Gasteiger partial charge in [-0.2, -0.15) is 11.8 Å². The van der Waals surface area contributed by atoms with E-state index in [1.807, 2.05) is 0 Å². The van der Waals surface area contributed by atoms with E-state index >= 15 is 0 Å². The van der Waals surface area contributed by atoms with E-state index in [-0.39, 0.29) is 0 Å². The van der Waals surface area contributed by atoms with Gasteiger partial charge in [0, 0.05) is 5.75 Å². The summed E-state index contributed by atoms with van der Waals surface area (Å²) < 4.78 is 0. The molecule has 0 rings (SSSR count). The third-order valence-electron chi connectivity index (χ3n) is 2.66. The molecule has 0 heterocycles. The topological polar surface area (TPSA) is 80.9 Å². The summed E-state index contributed by atoms with van der Waals surface area (Å²) in [6.07, 6.45) is 2.60. The second kappa shape index (κ2) is 11.3. The Morgan fingerprint density at radius 3 is 2.18 bits per heavy atom. The summed E-state index contributed by atoms with van der Waals surface area (Å²) in [4.78, 5) is 0. The summed E-state index contributed by atoms with van der Waals surface area (Å²) in [5.41, 5.74) is 0. The van der Waals surface area contributed by atoms with Crippen LogP contribution in [-0.4, -0.2) is 56.9 Å². The first-order chi connectivity index (χ1) is 8.13. The number of hydrogen-bond donors (Lipinski definition) is 4. The molecule has 3 unspecified atom stereocenters. The average Bonchev–Trinajstić information content (AvgIpc) is 2.35. The predicted octanol–water partition coefficient (Wildman–Crippen LogP) is 0.765. The summed E-state index contributed by atoms with van der Waals surface area (Å²) in [6, 6.07) is 0. The van der Waals surface area contributed by atoms with Gasteiger partial charge in [0.15, 0.2) is 0 Å². The Bertz CT molecular complexity index is 169. The standard InChI is InChI=1S/C12H26O4S/c1-2-3-4-5-6-7-17-9-11(15)12(16)10(14)8-13/h10-16H,2-9H2,1H3. The summed E-state index contributed by atoms with van der Waals surface area (Å²) in [6.45, 7) is 1.65. The normalized spacial score (nSPS) is 16.8. The number of aliphatic hydroxyl groups is 4. The monoisotopic (exact) mass is 266 g/mol. The average molecular weight is 266 g/mol. The number of aliphatic hydroxyl groups excluding tert-OH is 4. The van der Waals surface area contributed by atoms with Gasteiger partial charge in [0.05, 0.1) is 12.7 Å². The van der Waals surface area contributed by atoms with Crippen LogP contribution < -0.4 is 0 Å². The van der Waals surface area contributed by atoms with Gasteiger partial charge >= 0.3 is 0 Å². The minimum atomic E-state index is -1.26. The molecule has 0 aliphatic carbocycles. The van der Waals surface area contributed by atoms with Crippen LogP contribution in [0.25, 0.3) is 0 Å².